The summed E-state index contributed by atoms with van der Waals surface area (Å²) in [7, 11) is 0. The van der Waals surface area contributed by atoms with E-state index < -0.39 is 23.1 Å². The summed E-state index contributed by atoms with van der Waals surface area (Å²) in [5, 5.41) is 2.43. The maximum Gasteiger partial charge on any atom is 0.257 e. The number of ether oxygens (including phenoxy) is 1. The molecule has 0 bridgehead atoms. The van der Waals surface area contributed by atoms with E-state index >= 15 is 0 Å². The summed E-state index contributed by atoms with van der Waals surface area (Å²) < 4.78 is 32.4. The molecule has 0 aliphatic heterocycles. The number of nitrogens with one attached hydrogen (secondary N) is 1. The molecular formula is C12H14BrF2NO2. The van der Waals surface area contributed by atoms with Gasteiger partial charge < -0.3 is 10.1 Å². The first-order valence-electron chi connectivity index (χ1n) is 5.50. The molecule has 0 spiro atoms. The normalized spacial score (nSPS) is 12.3. The summed E-state index contributed by atoms with van der Waals surface area (Å²) >= 11 is 2.95. The molecule has 0 radical (unpaired) electrons. The van der Waals surface area contributed by atoms with Gasteiger partial charge in [0, 0.05) is 17.6 Å². The van der Waals surface area contributed by atoms with Gasteiger partial charge in [-0.3, -0.25) is 4.79 Å². The molecule has 3 nitrogen and oxygen atoms in total. The predicted molar refractivity (Wildman–Crippen MR) is 67.5 cm³/mol. The van der Waals surface area contributed by atoms with Crippen LogP contribution in [0.4, 0.5) is 8.78 Å². The van der Waals surface area contributed by atoms with Crippen molar-refractivity contribution in [2.45, 2.75) is 20.0 Å². The summed E-state index contributed by atoms with van der Waals surface area (Å²) in [4.78, 5) is 11.6. The minimum atomic E-state index is -0.900. The quantitative estimate of drug-likeness (QED) is 0.905. The van der Waals surface area contributed by atoms with Gasteiger partial charge in [0.05, 0.1) is 6.10 Å². The van der Waals surface area contributed by atoms with Gasteiger partial charge in [-0.2, -0.15) is 0 Å². The Kier molecular flexibility index (Phi) is 5.68. The molecule has 1 N–H and O–H groups in total. The average Bonchev–Trinajstić information content (AvgIpc) is 2.25. The van der Waals surface area contributed by atoms with E-state index in [1.165, 1.54) is 0 Å². The SMILES string of the molecule is CCOC(C)CNC(=O)c1c(F)cc(Br)cc1F. The van der Waals surface area contributed by atoms with Gasteiger partial charge in [0.25, 0.3) is 5.91 Å². The number of hydrogen-bond donors (Lipinski definition) is 1. The second kappa shape index (κ2) is 6.80. The van der Waals surface area contributed by atoms with Crippen LogP contribution in [0.5, 0.6) is 0 Å². The Labute approximate surface area is 113 Å². The summed E-state index contributed by atoms with van der Waals surface area (Å²) in [6.07, 6.45) is -0.208. The van der Waals surface area contributed by atoms with E-state index in [1.807, 2.05) is 6.92 Å². The Hall–Kier alpha value is -1.01. The van der Waals surface area contributed by atoms with Crippen molar-refractivity contribution in [2.24, 2.45) is 0 Å². The number of hydrogen-bond acceptors (Lipinski definition) is 2. The monoisotopic (exact) mass is 321 g/mol. The van der Waals surface area contributed by atoms with Gasteiger partial charge in [-0.25, -0.2) is 8.78 Å². The lowest BCUT2D eigenvalue weighted by Crippen LogP contribution is -2.33. The van der Waals surface area contributed by atoms with Crippen molar-refractivity contribution in [2.75, 3.05) is 13.2 Å². The Bertz CT molecular complexity index is 417. The van der Waals surface area contributed by atoms with E-state index in [2.05, 4.69) is 21.2 Å². The fourth-order valence-corrected chi connectivity index (χ4v) is 1.83. The number of rotatable bonds is 5. The van der Waals surface area contributed by atoms with Gasteiger partial charge in [-0.15, -0.1) is 0 Å². The molecule has 1 unspecified atom stereocenters. The molecule has 1 amide bonds. The molecular weight excluding hydrogens is 308 g/mol. The third kappa shape index (κ3) is 4.03. The Morgan fingerprint density at radius 2 is 2.00 bits per heavy atom. The summed E-state index contributed by atoms with van der Waals surface area (Å²) in [6.45, 7) is 4.30. The highest BCUT2D eigenvalue weighted by Crippen LogP contribution is 2.19. The Morgan fingerprint density at radius 1 is 1.44 bits per heavy atom. The zero-order valence-corrected chi connectivity index (χ0v) is 11.7. The van der Waals surface area contributed by atoms with Gasteiger partial charge in [0.15, 0.2) is 0 Å². The van der Waals surface area contributed by atoms with Gasteiger partial charge in [-0.05, 0) is 26.0 Å². The van der Waals surface area contributed by atoms with Crippen LogP contribution in [0.1, 0.15) is 24.2 Å². The minimum Gasteiger partial charge on any atom is -0.377 e. The summed E-state index contributed by atoms with van der Waals surface area (Å²) in [5.74, 6) is -2.59. The van der Waals surface area contributed by atoms with Crippen LogP contribution in [0.25, 0.3) is 0 Å². The van der Waals surface area contributed by atoms with E-state index in [0.29, 0.717) is 6.61 Å². The van der Waals surface area contributed by atoms with Gasteiger partial charge in [0.2, 0.25) is 0 Å². The van der Waals surface area contributed by atoms with E-state index in [0.717, 1.165) is 12.1 Å². The maximum atomic E-state index is 13.5. The highest BCUT2D eigenvalue weighted by molar-refractivity contribution is 9.10. The minimum absolute atomic E-state index is 0.196. The van der Waals surface area contributed by atoms with Crippen molar-refractivity contribution in [1.29, 1.82) is 0 Å². The zero-order chi connectivity index (χ0) is 13.7. The number of amides is 1. The highest BCUT2D eigenvalue weighted by Gasteiger charge is 2.18. The molecule has 1 aromatic rings. The van der Waals surface area contributed by atoms with Crippen LogP contribution in [0, 0.1) is 11.6 Å². The lowest BCUT2D eigenvalue weighted by atomic mass is 10.2. The van der Waals surface area contributed by atoms with Crippen LogP contribution in [0.2, 0.25) is 0 Å². The van der Waals surface area contributed by atoms with Gasteiger partial charge in [0.1, 0.15) is 17.2 Å². The third-order valence-corrected chi connectivity index (χ3v) is 2.69. The van der Waals surface area contributed by atoms with E-state index in [9.17, 15) is 13.6 Å². The van der Waals surface area contributed by atoms with Crippen LogP contribution in [-0.4, -0.2) is 25.2 Å². The van der Waals surface area contributed by atoms with Crippen molar-refractivity contribution < 1.29 is 18.3 Å². The second-order valence-electron chi connectivity index (χ2n) is 3.72. The first-order chi connectivity index (χ1) is 8.45. The maximum absolute atomic E-state index is 13.5. The molecule has 0 saturated heterocycles. The molecule has 0 aliphatic carbocycles. The predicted octanol–water partition coefficient (Wildman–Crippen LogP) is 2.88. The van der Waals surface area contributed by atoms with Crippen molar-refractivity contribution in [3.8, 4) is 0 Å². The Morgan fingerprint density at radius 3 is 2.50 bits per heavy atom. The van der Waals surface area contributed by atoms with Crippen molar-refractivity contribution >= 4 is 21.8 Å². The largest absolute Gasteiger partial charge is 0.377 e. The molecule has 1 atom stereocenters. The standard InChI is InChI=1S/C12H14BrF2NO2/c1-3-18-7(2)6-16-12(17)11-9(14)4-8(13)5-10(11)15/h4-5,7H,3,6H2,1-2H3,(H,16,17). The molecule has 0 aliphatic rings. The van der Waals surface area contributed by atoms with Crippen LogP contribution >= 0.6 is 15.9 Å². The highest BCUT2D eigenvalue weighted by atomic mass is 79.9. The van der Waals surface area contributed by atoms with Crippen molar-refractivity contribution in [3.05, 3.63) is 33.8 Å². The molecule has 0 heterocycles. The molecule has 0 fully saturated rings. The molecule has 6 heteroatoms. The average molecular weight is 322 g/mol. The van der Waals surface area contributed by atoms with E-state index in [4.69, 9.17) is 4.74 Å². The molecule has 0 aromatic heterocycles. The van der Waals surface area contributed by atoms with Crippen molar-refractivity contribution in [3.63, 3.8) is 0 Å². The number of carbonyl (C=O) groups is 1. The van der Waals surface area contributed by atoms with E-state index in [1.54, 1.807) is 6.92 Å². The number of halogens is 3. The molecule has 100 valence electrons. The molecule has 0 saturated carbocycles. The topological polar surface area (TPSA) is 38.3 Å². The van der Waals surface area contributed by atoms with Crippen LogP contribution < -0.4 is 5.32 Å². The number of benzene rings is 1. The summed E-state index contributed by atoms with van der Waals surface area (Å²) in [6, 6.07) is 2.09. The Balaban J connectivity index is 2.73. The first kappa shape index (κ1) is 15.0. The zero-order valence-electron chi connectivity index (χ0n) is 10.1. The summed E-state index contributed by atoms with van der Waals surface area (Å²) in [5.41, 5.74) is -0.582. The molecule has 1 aromatic carbocycles. The van der Waals surface area contributed by atoms with Crippen LogP contribution in [-0.2, 0) is 4.74 Å². The fraction of sp³-hybridized carbons (Fsp3) is 0.417. The first-order valence-corrected chi connectivity index (χ1v) is 6.29. The number of carbonyl (C=O) groups excluding carboxylic acids is 1. The third-order valence-electron chi connectivity index (χ3n) is 2.24. The molecule has 18 heavy (non-hydrogen) atoms. The van der Waals surface area contributed by atoms with Crippen LogP contribution in [0.15, 0.2) is 16.6 Å². The molecule has 1 rings (SSSR count). The second-order valence-corrected chi connectivity index (χ2v) is 4.64. The van der Waals surface area contributed by atoms with Crippen LogP contribution in [0.3, 0.4) is 0 Å². The lowest BCUT2D eigenvalue weighted by molar-refractivity contribution is 0.0692. The fourth-order valence-electron chi connectivity index (χ4n) is 1.43. The van der Waals surface area contributed by atoms with Gasteiger partial charge >= 0.3 is 0 Å². The van der Waals surface area contributed by atoms with Gasteiger partial charge in [-0.1, -0.05) is 15.9 Å². The lowest BCUT2D eigenvalue weighted by Gasteiger charge is -2.13. The van der Waals surface area contributed by atoms with Crippen molar-refractivity contribution in [1.82, 2.24) is 5.32 Å². The van der Waals surface area contributed by atoms with E-state index in [-0.39, 0.29) is 17.1 Å². The smallest absolute Gasteiger partial charge is 0.257 e.